The topological polar surface area (TPSA) is 72.5 Å². The molecule has 2 aromatic carbocycles. The van der Waals surface area contributed by atoms with Gasteiger partial charge in [0.15, 0.2) is 18.2 Å². The van der Waals surface area contributed by atoms with Crippen LogP contribution < -0.4 is 10.1 Å². The molecule has 0 aliphatic rings. The van der Waals surface area contributed by atoms with Crippen LogP contribution in [0.25, 0.3) is 0 Å². The molecule has 2 rings (SSSR count). The van der Waals surface area contributed by atoms with Gasteiger partial charge in [0, 0.05) is 31.0 Å². The Balaban J connectivity index is 1.89. The molecule has 5 heteroatoms. The normalized spacial score (nSPS) is 10.2. The highest BCUT2D eigenvalue weighted by molar-refractivity contribution is 5.97. The molecular formula is C20H21NO4. The van der Waals surface area contributed by atoms with Crippen molar-refractivity contribution < 1.29 is 19.1 Å². The van der Waals surface area contributed by atoms with Crippen molar-refractivity contribution in [1.82, 2.24) is 5.32 Å². The van der Waals surface area contributed by atoms with Gasteiger partial charge in [0.05, 0.1) is 0 Å². The fraction of sp³-hybridized carbons (Fsp3) is 0.250. The summed E-state index contributed by atoms with van der Waals surface area (Å²) < 4.78 is 5.48. The first kappa shape index (κ1) is 18.4. The van der Waals surface area contributed by atoms with Crippen molar-refractivity contribution in [3.63, 3.8) is 0 Å². The zero-order valence-electron chi connectivity index (χ0n) is 14.4. The molecule has 0 radical (unpaired) electrons. The van der Waals surface area contributed by atoms with Gasteiger partial charge in [-0.05, 0) is 29.8 Å². The van der Waals surface area contributed by atoms with Gasteiger partial charge in [0.2, 0.25) is 5.91 Å². The average molecular weight is 339 g/mol. The highest BCUT2D eigenvalue weighted by Gasteiger charge is 2.08. The van der Waals surface area contributed by atoms with Gasteiger partial charge < -0.3 is 10.1 Å². The molecule has 25 heavy (non-hydrogen) atoms. The van der Waals surface area contributed by atoms with Crippen molar-refractivity contribution in [2.24, 2.45) is 0 Å². The second-order valence-electron chi connectivity index (χ2n) is 5.62. The van der Waals surface area contributed by atoms with E-state index in [-0.39, 0.29) is 24.1 Å². The van der Waals surface area contributed by atoms with Crippen molar-refractivity contribution in [2.75, 3.05) is 6.61 Å². The maximum atomic E-state index is 12.2. The van der Waals surface area contributed by atoms with Gasteiger partial charge in [0.25, 0.3) is 0 Å². The van der Waals surface area contributed by atoms with E-state index in [1.807, 2.05) is 6.92 Å². The molecule has 0 atom stereocenters. The van der Waals surface area contributed by atoms with Crippen LogP contribution in [0, 0.1) is 0 Å². The van der Waals surface area contributed by atoms with Crippen LogP contribution in [0.3, 0.4) is 0 Å². The summed E-state index contributed by atoms with van der Waals surface area (Å²) in [4.78, 5) is 34.6. The first-order valence-electron chi connectivity index (χ1n) is 8.12. The van der Waals surface area contributed by atoms with Crippen LogP contribution in [-0.4, -0.2) is 24.1 Å². The molecule has 1 N–H and O–H groups in total. The molecule has 0 fully saturated rings. The fourth-order valence-electron chi connectivity index (χ4n) is 2.21. The van der Waals surface area contributed by atoms with E-state index in [4.69, 9.17) is 4.74 Å². The molecule has 0 saturated carbocycles. The summed E-state index contributed by atoms with van der Waals surface area (Å²) >= 11 is 0. The van der Waals surface area contributed by atoms with E-state index in [9.17, 15) is 14.4 Å². The lowest BCUT2D eigenvalue weighted by atomic mass is 10.1. The minimum Gasteiger partial charge on any atom is -0.485 e. The third kappa shape index (κ3) is 5.57. The number of ether oxygens (including phenoxy) is 1. The number of ketones is 2. The molecule has 0 spiro atoms. The predicted octanol–water partition coefficient (Wildman–Crippen LogP) is 3.18. The van der Waals surface area contributed by atoms with Crippen LogP contribution in [0.1, 0.15) is 46.5 Å². The number of carbonyl (C=O) groups is 3. The summed E-state index contributed by atoms with van der Waals surface area (Å²) in [5.41, 5.74) is 2.10. The molecule has 0 aliphatic heterocycles. The zero-order valence-corrected chi connectivity index (χ0v) is 14.4. The summed E-state index contributed by atoms with van der Waals surface area (Å²) in [5.74, 6) is 0.380. The number of hydrogen-bond acceptors (Lipinski definition) is 4. The summed E-state index contributed by atoms with van der Waals surface area (Å²) in [5, 5.41) is 2.70. The van der Waals surface area contributed by atoms with E-state index in [1.165, 1.54) is 6.92 Å². The van der Waals surface area contributed by atoms with Gasteiger partial charge in [-0.3, -0.25) is 14.4 Å². The zero-order chi connectivity index (χ0) is 18.2. The van der Waals surface area contributed by atoms with Crippen LogP contribution in [0.15, 0.2) is 48.5 Å². The molecular weight excluding hydrogens is 318 g/mol. The highest BCUT2D eigenvalue weighted by Crippen LogP contribution is 2.14. The van der Waals surface area contributed by atoms with E-state index < -0.39 is 0 Å². The van der Waals surface area contributed by atoms with Gasteiger partial charge in [-0.1, -0.05) is 31.2 Å². The van der Waals surface area contributed by atoms with Crippen LogP contribution in [0.2, 0.25) is 0 Å². The van der Waals surface area contributed by atoms with Crippen molar-refractivity contribution in [3.8, 4) is 5.75 Å². The molecule has 0 unspecified atom stereocenters. The number of amides is 1. The van der Waals surface area contributed by atoms with Crippen molar-refractivity contribution in [2.45, 2.75) is 26.8 Å². The molecule has 0 aliphatic carbocycles. The molecule has 0 bridgehead atoms. The van der Waals surface area contributed by atoms with Crippen molar-refractivity contribution in [1.29, 1.82) is 0 Å². The maximum Gasteiger partial charge on any atom is 0.217 e. The number of hydrogen-bond donors (Lipinski definition) is 1. The van der Waals surface area contributed by atoms with Gasteiger partial charge in [-0.25, -0.2) is 0 Å². The fourth-order valence-corrected chi connectivity index (χ4v) is 2.21. The third-order valence-electron chi connectivity index (χ3n) is 3.68. The maximum absolute atomic E-state index is 12.2. The average Bonchev–Trinajstić information content (AvgIpc) is 2.64. The SMILES string of the molecule is CCC(=O)c1ccc(OCC(=O)c2ccc(CNC(C)=O)cc2)cc1. The summed E-state index contributed by atoms with van der Waals surface area (Å²) in [6.45, 7) is 3.63. The van der Waals surface area contributed by atoms with Crippen molar-refractivity contribution >= 4 is 17.5 Å². The van der Waals surface area contributed by atoms with Crippen molar-refractivity contribution in [3.05, 3.63) is 65.2 Å². The number of benzene rings is 2. The van der Waals surface area contributed by atoms with Gasteiger partial charge >= 0.3 is 0 Å². The molecule has 0 saturated heterocycles. The lowest BCUT2D eigenvalue weighted by Gasteiger charge is -2.07. The monoisotopic (exact) mass is 339 g/mol. The summed E-state index contributed by atoms with van der Waals surface area (Å²) in [6.07, 6.45) is 0.455. The van der Waals surface area contributed by atoms with E-state index in [0.29, 0.717) is 29.8 Å². The molecule has 2 aromatic rings. The largest absolute Gasteiger partial charge is 0.485 e. The smallest absolute Gasteiger partial charge is 0.217 e. The van der Waals surface area contributed by atoms with Gasteiger partial charge in [-0.15, -0.1) is 0 Å². The minimum absolute atomic E-state index is 0.0713. The van der Waals surface area contributed by atoms with E-state index in [2.05, 4.69) is 5.32 Å². The standard InChI is InChI=1S/C20H21NO4/c1-3-19(23)16-8-10-18(11-9-16)25-13-20(24)17-6-4-15(5-7-17)12-21-14(2)22/h4-11H,3,12-13H2,1-2H3,(H,21,22). The molecule has 1 amide bonds. The second kappa shape index (κ2) is 8.78. The van der Waals surface area contributed by atoms with Gasteiger partial charge in [-0.2, -0.15) is 0 Å². The van der Waals surface area contributed by atoms with E-state index >= 15 is 0 Å². The third-order valence-corrected chi connectivity index (χ3v) is 3.68. The highest BCUT2D eigenvalue weighted by atomic mass is 16.5. The second-order valence-corrected chi connectivity index (χ2v) is 5.62. The quantitative estimate of drug-likeness (QED) is 0.750. The van der Waals surface area contributed by atoms with Crippen LogP contribution >= 0.6 is 0 Å². The van der Waals surface area contributed by atoms with Crippen LogP contribution in [0.4, 0.5) is 0 Å². The summed E-state index contributed by atoms with van der Waals surface area (Å²) in [7, 11) is 0. The number of carbonyl (C=O) groups excluding carboxylic acids is 3. The Morgan fingerprint density at radius 3 is 2.00 bits per heavy atom. The summed E-state index contributed by atoms with van der Waals surface area (Å²) in [6, 6.07) is 13.8. The van der Waals surface area contributed by atoms with Gasteiger partial charge in [0.1, 0.15) is 5.75 Å². The van der Waals surface area contributed by atoms with Crippen LogP contribution in [0.5, 0.6) is 5.75 Å². The Kier molecular flexibility index (Phi) is 6.46. The number of nitrogens with one attached hydrogen (secondary N) is 1. The van der Waals surface area contributed by atoms with Crippen LogP contribution in [-0.2, 0) is 11.3 Å². The lowest BCUT2D eigenvalue weighted by Crippen LogP contribution is -2.19. The Morgan fingerprint density at radius 2 is 1.44 bits per heavy atom. The lowest BCUT2D eigenvalue weighted by molar-refractivity contribution is -0.119. The van der Waals surface area contributed by atoms with E-state index in [0.717, 1.165) is 5.56 Å². The Bertz CT molecular complexity index is 748. The first-order chi connectivity index (χ1) is 12.0. The predicted molar refractivity (Wildman–Crippen MR) is 94.9 cm³/mol. The minimum atomic E-state index is -0.139. The Morgan fingerprint density at radius 1 is 0.880 bits per heavy atom. The Hall–Kier alpha value is -2.95. The molecule has 130 valence electrons. The van der Waals surface area contributed by atoms with E-state index in [1.54, 1.807) is 48.5 Å². The molecule has 0 heterocycles. The Labute approximate surface area is 147 Å². The first-order valence-corrected chi connectivity index (χ1v) is 8.12. The number of rotatable bonds is 8. The number of Topliss-reactive ketones (excluding diaryl/α,β-unsaturated/α-hetero) is 2. The molecule has 5 nitrogen and oxygen atoms in total. The molecule has 0 aromatic heterocycles.